The molecule has 0 bridgehead atoms. The largest absolute Gasteiger partial charge is 0.508 e. The van der Waals surface area contributed by atoms with Crippen molar-refractivity contribution in [1.29, 1.82) is 0 Å². The second-order valence-corrected chi connectivity index (χ2v) is 9.52. The Bertz CT molecular complexity index is 1300. The molecule has 5 rings (SSSR count). The average molecular weight is 527 g/mol. The van der Waals surface area contributed by atoms with Crippen LogP contribution in [0.25, 0.3) is 0 Å². The summed E-state index contributed by atoms with van der Waals surface area (Å²) in [5.74, 6) is 2.39. The summed E-state index contributed by atoms with van der Waals surface area (Å²) in [7, 11) is -4.94. The molecule has 1 heterocycles. The van der Waals surface area contributed by atoms with Crippen molar-refractivity contribution >= 4 is 17.6 Å². The molecule has 194 valence electrons. The Morgan fingerprint density at radius 3 is 2.30 bits per heavy atom. The summed E-state index contributed by atoms with van der Waals surface area (Å²) in [6.07, 6.45) is 12.4. The van der Waals surface area contributed by atoms with E-state index in [-0.39, 0.29) is 11.5 Å². The highest BCUT2D eigenvalue weighted by atomic mass is 35.7. The van der Waals surface area contributed by atoms with Gasteiger partial charge in [0, 0.05) is 29.6 Å². The summed E-state index contributed by atoms with van der Waals surface area (Å²) in [6.45, 7) is 0. The summed E-state index contributed by atoms with van der Waals surface area (Å²) in [4.78, 5) is 3.31. The number of anilines is 1. The number of fused-ring (bicyclic) bond motifs is 1. The minimum atomic E-state index is -4.94. The van der Waals surface area contributed by atoms with Gasteiger partial charge in [-0.05, 0) is 73.9 Å². The van der Waals surface area contributed by atoms with Crippen LogP contribution in [0.4, 0.5) is 11.4 Å². The van der Waals surface area contributed by atoms with Crippen molar-refractivity contribution in [2.45, 2.75) is 38.5 Å². The number of aromatic hydroxyl groups is 2. The zero-order chi connectivity index (χ0) is 26.4. The van der Waals surface area contributed by atoms with E-state index in [0.29, 0.717) is 0 Å². The number of allylic oxidation sites excluding steroid dienone is 5. The van der Waals surface area contributed by atoms with E-state index in [2.05, 4.69) is 16.4 Å². The number of nitrogens with one attached hydrogen (secondary N) is 2. The van der Waals surface area contributed by atoms with Gasteiger partial charge in [-0.3, -0.25) is 0 Å². The molecule has 9 nitrogen and oxygen atoms in total. The molecule has 0 saturated heterocycles. The molecule has 0 unspecified atom stereocenters. The maximum Gasteiger partial charge on any atom is 0.207 e. The van der Waals surface area contributed by atoms with Gasteiger partial charge in [-0.25, -0.2) is 23.6 Å². The van der Waals surface area contributed by atoms with Crippen molar-refractivity contribution in [2.75, 3.05) is 5.32 Å². The van der Waals surface area contributed by atoms with E-state index < -0.39 is 10.2 Å². The number of rotatable bonds is 4. The molecule has 37 heavy (non-hydrogen) atoms. The van der Waals surface area contributed by atoms with Gasteiger partial charge in [0.25, 0.3) is 0 Å². The predicted octanol–water partition coefficient (Wildman–Crippen LogP) is -0.0467. The zero-order valence-electron chi connectivity index (χ0n) is 19.9. The molecule has 2 aromatic carbocycles. The first kappa shape index (κ1) is 26.5. The normalized spacial score (nSPS) is 18.5. The fourth-order valence-corrected chi connectivity index (χ4v) is 4.46. The fraction of sp³-hybridized carbons (Fsp3) is 0.222. The summed E-state index contributed by atoms with van der Waals surface area (Å²) in [5, 5.41) is 22.7. The van der Waals surface area contributed by atoms with Crippen LogP contribution >= 0.6 is 0 Å². The number of phenols is 2. The van der Waals surface area contributed by atoms with Crippen molar-refractivity contribution in [3.8, 4) is 11.5 Å². The van der Waals surface area contributed by atoms with Crippen molar-refractivity contribution in [2.24, 2.45) is 0 Å². The maximum atomic E-state index is 9.71. The van der Waals surface area contributed by atoms with Gasteiger partial charge >= 0.3 is 0 Å². The number of phenolic OH excluding ortho intramolecular Hbond substituents is 2. The first-order chi connectivity index (χ1) is 17.7. The summed E-state index contributed by atoms with van der Waals surface area (Å²) < 4.78 is 40.5. The Kier molecular flexibility index (Phi) is 8.32. The highest BCUT2D eigenvalue weighted by Crippen LogP contribution is 2.42. The molecular weight excluding hydrogens is 500 g/mol. The van der Waals surface area contributed by atoms with Gasteiger partial charge in [-0.15, -0.1) is 10.2 Å². The lowest BCUT2D eigenvalue weighted by molar-refractivity contribution is -2.00. The van der Waals surface area contributed by atoms with Crippen LogP contribution in [0.1, 0.15) is 38.5 Å². The number of hydrogen-bond donors (Lipinski definition) is 4. The third-order valence-corrected chi connectivity index (χ3v) is 6.02. The Morgan fingerprint density at radius 2 is 1.57 bits per heavy atom. The van der Waals surface area contributed by atoms with Crippen LogP contribution in [0.3, 0.4) is 0 Å². The first-order valence-electron chi connectivity index (χ1n) is 11.8. The molecule has 0 fully saturated rings. The van der Waals surface area contributed by atoms with Crippen molar-refractivity contribution in [3.63, 3.8) is 0 Å². The number of hydrogen-bond acceptors (Lipinski definition) is 8. The van der Waals surface area contributed by atoms with E-state index in [1.807, 2.05) is 36.7 Å². The number of benzene rings is 2. The summed E-state index contributed by atoms with van der Waals surface area (Å²) >= 11 is 0. The Morgan fingerprint density at radius 1 is 0.865 bits per heavy atom. The minimum Gasteiger partial charge on any atom is -0.508 e. The van der Waals surface area contributed by atoms with Crippen LogP contribution in [0.2, 0.25) is 0 Å². The SMILES string of the molecule is Oc1cccc(N/C=C2\CCCC3=C2OC2=C(C=[NH+]c4cccc(O)c4)CCCC2=C3)c1.[O-][Cl+3]([O-])([O-])[O-]. The van der Waals surface area contributed by atoms with E-state index in [0.717, 1.165) is 72.6 Å². The van der Waals surface area contributed by atoms with E-state index in [9.17, 15) is 10.2 Å². The minimum absolute atomic E-state index is 0.241. The summed E-state index contributed by atoms with van der Waals surface area (Å²) in [6, 6.07) is 14.2. The highest BCUT2D eigenvalue weighted by molar-refractivity contribution is 5.78. The molecule has 0 aromatic heterocycles. The fourth-order valence-electron chi connectivity index (χ4n) is 4.46. The average Bonchev–Trinajstić information content (AvgIpc) is 2.84. The molecule has 0 atom stereocenters. The zero-order valence-corrected chi connectivity index (χ0v) is 20.7. The lowest BCUT2D eigenvalue weighted by atomic mass is 9.86. The van der Waals surface area contributed by atoms with Gasteiger partial charge in [0.2, 0.25) is 5.69 Å². The van der Waals surface area contributed by atoms with Crippen LogP contribution in [0.15, 0.2) is 94.6 Å². The Balaban J connectivity index is 0.000000586. The molecule has 2 aromatic rings. The van der Waals surface area contributed by atoms with Crippen LogP contribution in [-0.2, 0) is 4.74 Å². The monoisotopic (exact) mass is 526 g/mol. The molecule has 10 heteroatoms. The highest BCUT2D eigenvalue weighted by Gasteiger charge is 2.29. The molecule has 1 aliphatic heterocycles. The lowest BCUT2D eigenvalue weighted by Crippen LogP contribution is -2.68. The predicted molar refractivity (Wildman–Crippen MR) is 126 cm³/mol. The third kappa shape index (κ3) is 7.69. The van der Waals surface area contributed by atoms with Crippen molar-refractivity contribution < 1.29 is 48.8 Å². The molecule has 2 aliphatic carbocycles. The van der Waals surface area contributed by atoms with E-state index in [4.69, 9.17) is 23.4 Å². The van der Waals surface area contributed by atoms with Crippen LogP contribution < -0.4 is 28.9 Å². The van der Waals surface area contributed by atoms with Crippen molar-refractivity contribution in [3.05, 3.63) is 94.6 Å². The molecule has 0 radical (unpaired) electrons. The Labute approximate surface area is 216 Å². The molecular formula is C27H27ClN2O7. The Hall–Kier alpha value is -3.60. The summed E-state index contributed by atoms with van der Waals surface area (Å²) in [5.41, 5.74) is 6.51. The molecule has 0 spiro atoms. The number of ether oxygens (including phenoxy) is 1. The van der Waals surface area contributed by atoms with Gasteiger partial charge in [-0.2, -0.15) is 0 Å². The van der Waals surface area contributed by atoms with Gasteiger partial charge in [0.15, 0.2) is 6.21 Å². The quantitative estimate of drug-likeness (QED) is 0.402. The van der Waals surface area contributed by atoms with Gasteiger partial charge in [0.1, 0.15) is 23.0 Å². The molecule has 0 saturated carbocycles. The number of halogens is 1. The van der Waals surface area contributed by atoms with Crippen molar-refractivity contribution in [1.82, 2.24) is 0 Å². The van der Waals surface area contributed by atoms with Crippen LogP contribution in [0, 0.1) is 10.2 Å². The topological polar surface area (TPSA) is 168 Å². The van der Waals surface area contributed by atoms with E-state index >= 15 is 0 Å². The molecule has 3 aliphatic rings. The second kappa shape index (κ2) is 11.6. The van der Waals surface area contributed by atoms with Crippen LogP contribution in [-0.4, -0.2) is 16.4 Å². The first-order valence-corrected chi connectivity index (χ1v) is 13.0. The van der Waals surface area contributed by atoms with E-state index in [1.165, 1.54) is 11.1 Å². The second-order valence-electron chi connectivity index (χ2n) is 8.77. The lowest BCUT2D eigenvalue weighted by Gasteiger charge is -2.31. The van der Waals surface area contributed by atoms with Crippen LogP contribution in [0.5, 0.6) is 11.5 Å². The van der Waals surface area contributed by atoms with Gasteiger partial charge in [-0.1, -0.05) is 12.1 Å². The molecule has 0 amide bonds. The van der Waals surface area contributed by atoms with Gasteiger partial charge in [0.05, 0.1) is 11.6 Å². The smallest absolute Gasteiger partial charge is 0.207 e. The standard InChI is InChI=1S/C27H26N2O3.ClHO4/c30-24-11-3-9-22(14-24)28-16-20-7-1-5-18-13-19-6-2-8-21(27(19)32-26(18)20)17-29-23-10-4-12-25(31)15-23;2-1(3,4)5/h3-4,9-17,28,30-31H,1-2,5-8H2;(H,2,3,4,5)/b20-16+,29-17?;. The van der Waals surface area contributed by atoms with E-state index in [1.54, 1.807) is 24.3 Å². The maximum absolute atomic E-state index is 9.71. The van der Waals surface area contributed by atoms with Gasteiger partial charge < -0.3 is 20.3 Å². The molecule has 4 N–H and O–H groups in total. The third-order valence-electron chi connectivity index (χ3n) is 6.02.